The Labute approximate surface area is 75.7 Å². The van der Waals surface area contributed by atoms with E-state index in [1.165, 1.54) is 6.07 Å². The maximum absolute atomic E-state index is 12.9. The number of halogens is 1. The molecular formula is C10H10FNO. The van der Waals surface area contributed by atoms with Crippen molar-refractivity contribution in [3.8, 4) is 5.75 Å². The molecule has 3 heteroatoms. The molecule has 0 radical (unpaired) electrons. The molecule has 2 nitrogen and oxygen atoms in total. The van der Waals surface area contributed by atoms with Gasteiger partial charge in [-0.3, -0.25) is 0 Å². The second-order valence-electron chi connectivity index (χ2n) is 3.82. The summed E-state index contributed by atoms with van der Waals surface area (Å²) in [5.41, 5.74) is 0.942. The molecule has 0 atom stereocenters. The van der Waals surface area contributed by atoms with Crippen LogP contribution in [0.15, 0.2) is 18.2 Å². The van der Waals surface area contributed by atoms with Crippen LogP contribution >= 0.6 is 0 Å². The van der Waals surface area contributed by atoms with Gasteiger partial charge in [-0.1, -0.05) is 0 Å². The van der Waals surface area contributed by atoms with Gasteiger partial charge in [0.25, 0.3) is 0 Å². The van der Waals surface area contributed by atoms with Gasteiger partial charge in [0.2, 0.25) is 0 Å². The Morgan fingerprint density at radius 3 is 2.92 bits per heavy atom. The van der Waals surface area contributed by atoms with E-state index in [1.807, 2.05) is 0 Å². The van der Waals surface area contributed by atoms with Crippen molar-refractivity contribution in [1.29, 1.82) is 0 Å². The van der Waals surface area contributed by atoms with Crippen LogP contribution in [0.2, 0.25) is 0 Å². The van der Waals surface area contributed by atoms with E-state index < -0.39 is 0 Å². The van der Waals surface area contributed by atoms with E-state index in [1.54, 1.807) is 12.1 Å². The molecule has 1 spiro atoms. The van der Waals surface area contributed by atoms with Gasteiger partial charge in [0.15, 0.2) is 0 Å². The Bertz CT molecular complexity index is 360. The lowest BCUT2D eigenvalue weighted by atomic mass is 9.91. The Hall–Kier alpha value is -1.09. The fourth-order valence-corrected chi connectivity index (χ4v) is 2.00. The highest BCUT2D eigenvalue weighted by molar-refractivity contribution is 5.40. The van der Waals surface area contributed by atoms with E-state index in [0.29, 0.717) is 0 Å². The lowest BCUT2D eigenvalue weighted by Gasteiger charge is -2.38. The summed E-state index contributed by atoms with van der Waals surface area (Å²) < 4.78 is 18.6. The van der Waals surface area contributed by atoms with Crippen molar-refractivity contribution in [3.05, 3.63) is 29.6 Å². The number of hydrogen-bond donors (Lipinski definition) is 1. The lowest BCUT2D eigenvalue weighted by Crippen LogP contribution is -2.62. The van der Waals surface area contributed by atoms with Gasteiger partial charge in [-0.25, -0.2) is 4.39 Å². The highest BCUT2D eigenvalue weighted by Gasteiger charge is 2.44. The molecule has 1 aromatic rings. The van der Waals surface area contributed by atoms with Crippen LogP contribution in [0.3, 0.4) is 0 Å². The predicted molar refractivity (Wildman–Crippen MR) is 46.3 cm³/mol. The molecule has 1 fully saturated rings. The van der Waals surface area contributed by atoms with E-state index in [4.69, 9.17) is 4.74 Å². The van der Waals surface area contributed by atoms with E-state index in [9.17, 15) is 4.39 Å². The largest absolute Gasteiger partial charge is 0.484 e. The van der Waals surface area contributed by atoms with Gasteiger partial charge >= 0.3 is 0 Å². The molecule has 0 amide bonds. The second kappa shape index (κ2) is 2.23. The first kappa shape index (κ1) is 7.33. The van der Waals surface area contributed by atoms with E-state index in [0.717, 1.165) is 30.8 Å². The predicted octanol–water partition coefficient (Wildman–Crippen LogP) is 1.10. The fourth-order valence-electron chi connectivity index (χ4n) is 2.00. The number of ether oxygens (including phenoxy) is 1. The highest BCUT2D eigenvalue weighted by atomic mass is 19.1. The number of rotatable bonds is 0. The maximum atomic E-state index is 12.9. The first-order valence-corrected chi connectivity index (χ1v) is 4.46. The van der Waals surface area contributed by atoms with Crippen molar-refractivity contribution in [3.63, 3.8) is 0 Å². The molecule has 13 heavy (non-hydrogen) atoms. The summed E-state index contributed by atoms with van der Waals surface area (Å²) in [5, 5.41) is 3.17. The molecule has 0 aromatic heterocycles. The van der Waals surface area contributed by atoms with Crippen molar-refractivity contribution in [2.75, 3.05) is 13.1 Å². The van der Waals surface area contributed by atoms with Crippen LogP contribution in [0, 0.1) is 5.82 Å². The SMILES string of the molecule is Fc1ccc2c(c1)CC1(CNC1)O2. The molecule has 2 aliphatic heterocycles. The third kappa shape index (κ3) is 0.968. The van der Waals surface area contributed by atoms with Crippen molar-refractivity contribution < 1.29 is 9.13 Å². The fraction of sp³-hybridized carbons (Fsp3) is 0.400. The first-order valence-electron chi connectivity index (χ1n) is 4.46. The number of nitrogens with one attached hydrogen (secondary N) is 1. The zero-order valence-corrected chi connectivity index (χ0v) is 7.14. The van der Waals surface area contributed by atoms with Gasteiger partial charge in [-0.15, -0.1) is 0 Å². The van der Waals surface area contributed by atoms with E-state index in [-0.39, 0.29) is 11.4 Å². The van der Waals surface area contributed by atoms with Crippen molar-refractivity contribution >= 4 is 0 Å². The standard InChI is InChI=1S/C10H10FNO/c11-8-1-2-9-7(3-8)4-10(13-9)5-12-6-10/h1-3,12H,4-6H2. The van der Waals surface area contributed by atoms with Gasteiger partial charge in [0.1, 0.15) is 17.2 Å². The molecule has 3 rings (SSSR count). The van der Waals surface area contributed by atoms with Crippen LogP contribution in [0.1, 0.15) is 5.56 Å². The molecule has 0 aliphatic carbocycles. The summed E-state index contributed by atoms with van der Waals surface area (Å²) in [6.07, 6.45) is 0.840. The van der Waals surface area contributed by atoms with Gasteiger partial charge in [-0.2, -0.15) is 0 Å². The number of benzene rings is 1. The van der Waals surface area contributed by atoms with Gasteiger partial charge in [0, 0.05) is 25.1 Å². The quantitative estimate of drug-likeness (QED) is 0.644. The number of fused-ring (bicyclic) bond motifs is 1. The Balaban J connectivity index is 1.99. The van der Waals surface area contributed by atoms with E-state index >= 15 is 0 Å². The van der Waals surface area contributed by atoms with Gasteiger partial charge in [0.05, 0.1) is 0 Å². The first-order chi connectivity index (χ1) is 6.27. The molecule has 1 aromatic carbocycles. The normalized spacial score (nSPS) is 22.2. The Morgan fingerprint density at radius 1 is 1.38 bits per heavy atom. The summed E-state index contributed by atoms with van der Waals surface area (Å²) in [6, 6.07) is 4.74. The summed E-state index contributed by atoms with van der Waals surface area (Å²) in [7, 11) is 0. The van der Waals surface area contributed by atoms with Gasteiger partial charge < -0.3 is 10.1 Å². The molecule has 2 aliphatic rings. The zero-order valence-electron chi connectivity index (χ0n) is 7.14. The molecule has 0 saturated carbocycles. The summed E-state index contributed by atoms with van der Waals surface area (Å²) in [4.78, 5) is 0. The molecule has 1 N–H and O–H groups in total. The average Bonchev–Trinajstić information content (AvgIpc) is 2.41. The third-order valence-electron chi connectivity index (χ3n) is 2.76. The molecule has 0 unspecified atom stereocenters. The van der Waals surface area contributed by atoms with Crippen LogP contribution in [0.5, 0.6) is 5.75 Å². The van der Waals surface area contributed by atoms with E-state index in [2.05, 4.69) is 5.32 Å². The third-order valence-corrected chi connectivity index (χ3v) is 2.76. The van der Waals surface area contributed by atoms with Crippen LogP contribution in [-0.4, -0.2) is 18.7 Å². The van der Waals surface area contributed by atoms with Crippen LogP contribution < -0.4 is 10.1 Å². The Kier molecular flexibility index (Phi) is 1.26. The topological polar surface area (TPSA) is 21.3 Å². The van der Waals surface area contributed by atoms with Crippen molar-refractivity contribution in [1.82, 2.24) is 5.32 Å². The number of hydrogen-bond acceptors (Lipinski definition) is 2. The molecule has 0 bridgehead atoms. The summed E-state index contributed by atoms with van der Waals surface area (Å²) in [5.74, 6) is 0.676. The lowest BCUT2D eigenvalue weighted by molar-refractivity contribution is 0.0386. The highest BCUT2D eigenvalue weighted by Crippen LogP contribution is 2.37. The molecular weight excluding hydrogens is 169 g/mol. The Morgan fingerprint density at radius 2 is 2.23 bits per heavy atom. The average molecular weight is 179 g/mol. The smallest absolute Gasteiger partial charge is 0.138 e. The van der Waals surface area contributed by atoms with Crippen LogP contribution in [0.4, 0.5) is 4.39 Å². The van der Waals surface area contributed by atoms with Crippen LogP contribution in [-0.2, 0) is 6.42 Å². The molecule has 68 valence electrons. The van der Waals surface area contributed by atoms with Gasteiger partial charge in [-0.05, 0) is 18.2 Å². The summed E-state index contributed by atoms with van der Waals surface area (Å²) >= 11 is 0. The minimum Gasteiger partial charge on any atom is -0.484 e. The molecule has 2 heterocycles. The zero-order chi connectivity index (χ0) is 8.89. The minimum atomic E-state index is -0.174. The summed E-state index contributed by atoms with van der Waals surface area (Å²) in [6.45, 7) is 1.76. The van der Waals surface area contributed by atoms with Crippen molar-refractivity contribution in [2.45, 2.75) is 12.0 Å². The minimum absolute atomic E-state index is 0.0594. The maximum Gasteiger partial charge on any atom is 0.138 e. The van der Waals surface area contributed by atoms with Crippen molar-refractivity contribution in [2.24, 2.45) is 0 Å². The second-order valence-corrected chi connectivity index (χ2v) is 3.82. The molecule has 1 saturated heterocycles. The van der Waals surface area contributed by atoms with Crippen LogP contribution in [0.25, 0.3) is 0 Å². The monoisotopic (exact) mass is 179 g/mol.